The zero-order chi connectivity index (χ0) is 12.6. The van der Waals surface area contributed by atoms with Gasteiger partial charge >= 0.3 is 5.97 Å². The molecule has 0 atom stereocenters. The molecular formula is C11H22N2O3. The average Bonchev–Trinajstić information content (AvgIpc) is 2.13. The molecule has 0 spiro atoms. The third-order valence-electron chi connectivity index (χ3n) is 2.01. The summed E-state index contributed by atoms with van der Waals surface area (Å²) in [6, 6.07) is 0. The molecule has 5 heteroatoms. The third kappa shape index (κ3) is 8.23. The Bertz CT molecular complexity index is 229. The van der Waals surface area contributed by atoms with Gasteiger partial charge in [0.1, 0.15) is 0 Å². The van der Waals surface area contributed by atoms with Crippen molar-refractivity contribution in [3.8, 4) is 0 Å². The zero-order valence-corrected chi connectivity index (χ0v) is 10.3. The van der Waals surface area contributed by atoms with E-state index in [1.165, 1.54) is 0 Å². The van der Waals surface area contributed by atoms with Gasteiger partial charge in [-0.3, -0.25) is 14.5 Å². The van der Waals surface area contributed by atoms with E-state index >= 15 is 0 Å². The number of nitrogens with one attached hydrogen (secondary N) is 1. The van der Waals surface area contributed by atoms with Crippen LogP contribution < -0.4 is 5.32 Å². The van der Waals surface area contributed by atoms with Crippen LogP contribution in [0.5, 0.6) is 0 Å². The molecule has 0 aliphatic rings. The standard InChI is InChI=1S/C11H22N2O3/c1-4-12-10(14)5-6-13(7-9(2)3)8-11(15)16/h9H,4-8H2,1-3H3,(H,12,14)(H,15,16). The molecule has 0 saturated heterocycles. The lowest BCUT2D eigenvalue weighted by Gasteiger charge is -2.21. The molecule has 16 heavy (non-hydrogen) atoms. The van der Waals surface area contributed by atoms with Crippen molar-refractivity contribution < 1.29 is 14.7 Å². The Morgan fingerprint density at radius 1 is 1.38 bits per heavy atom. The molecule has 0 heterocycles. The Balaban J connectivity index is 4.00. The number of nitrogens with zero attached hydrogens (tertiary/aromatic N) is 1. The van der Waals surface area contributed by atoms with Gasteiger partial charge in [0, 0.05) is 26.1 Å². The maximum absolute atomic E-state index is 11.2. The van der Waals surface area contributed by atoms with E-state index in [9.17, 15) is 9.59 Å². The first-order chi connectivity index (χ1) is 7.45. The number of hydrogen-bond acceptors (Lipinski definition) is 3. The molecule has 0 aliphatic carbocycles. The number of carbonyl (C=O) groups is 2. The minimum atomic E-state index is -0.850. The van der Waals surface area contributed by atoms with E-state index in [0.717, 1.165) is 0 Å². The van der Waals surface area contributed by atoms with Crippen LogP contribution in [0.25, 0.3) is 0 Å². The van der Waals surface area contributed by atoms with Crippen LogP contribution in [-0.2, 0) is 9.59 Å². The summed E-state index contributed by atoms with van der Waals surface area (Å²) < 4.78 is 0. The second-order valence-electron chi connectivity index (χ2n) is 4.23. The molecule has 1 amide bonds. The van der Waals surface area contributed by atoms with Crippen molar-refractivity contribution in [2.75, 3.05) is 26.2 Å². The first-order valence-electron chi connectivity index (χ1n) is 5.66. The molecule has 0 aromatic heterocycles. The number of aliphatic carboxylic acids is 1. The summed E-state index contributed by atoms with van der Waals surface area (Å²) in [6.07, 6.45) is 0.355. The van der Waals surface area contributed by atoms with E-state index in [1.807, 2.05) is 20.8 Å². The van der Waals surface area contributed by atoms with Crippen molar-refractivity contribution in [1.82, 2.24) is 10.2 Å². The number of rotatable bonds is 8. The van der Waals surface area contributed by atoms with Gasteiger partial charge in [0.25, 0.3) is 0 Å². The number of carboxylic acids is 1. The summed E-state index contributed by atoms with van der Waals surface area (Å²) in [4.78, 5) is 23.6. The summed E-state index contributed by atoms with van der Waals surface area (Å²) in [7, 11) is 0. The van der Waals surface area contributed by atoms with Crippen molar-refractivity contribution in [2.45, 2.75) is 27.2 Å². The topological polar surface area (TPSA) is 69.6 Å². The third-order valence-corrected chi connectivity index (χ3v) is 2.01. The molecule has 0 rings (SSSR count). The summed E-state index contributed by atoms with van der Waals surface area (Å²) in [5, 5.41) is 11.4. The number of amides is 1. The van der Waals surface area contributed by atoms with Gasteiger partial charge in [-0.05, 0) is 12.8 Å². The Kier molecular flexibility index (Phi) is 7.54. The highest BCUT2D eigenvalue weighted by Gasteiger charge is 2.12. The molecule has 0 radical (unpaired) electrons. The van der Waals surface area contributed by atoms with Crippen LogP contribution in [0.4, 0.5) is 0 Å². The first kappa shape index (κ1) is 14.9. The molecule has 2 N–H and O–H groups in total. The lowest BCUT2D eigenvalue weighted by Crippen LogP contribution is -2.36. The Labute approximate surface area is 96.8 Å². The van der Waals surface area contributed by atoms with Crippen molar-refractivity contribution in [3.05, 3.63) is 0 Å². The maximum atomic E-state index is 11.2. The Hall–Kier alpha value is -1.10. The molecule has 0 unspecified atom stereocenters. The highest BCUT2D eigenvalue weighted by molar-refractivity contribution is 5.76. The first-order valence-corrected chi connectivity index (χ1v) is 5.66. The van der Waals surface area contributed by atoms with E-state index in [4.69, 9.17) is 5.11 Å². The SMILES string of the molecule is CCNC(=O)CCN(CC(=O)O)CC(C)C. The fourth-order valence-corrected chi connectivity index (χ4v) is 1.49. The van der Waals surface area contributed by atoms with Crippen LogP contribution in [0, 0.1) is 5.92 Å². The lowest BCUT2D eigenvalue weighted by molar-refractivity contribution is -0.138. The maximum Gasteiger partial charge on any atom is 0.317 e. The summed E-state index contributed by atoms with van der Waals surface area (Å²) in [6.45, 7) is 7.73. The predicted octanol–water partition coefficient (Wildman–Crippen LogP) is 0.555. The number of carboxylic acid groups (broad SMARTS) is 1. The normalized spacial score (nSPS) is 10.8. The second-order valence-corrected chi connectivity index (χ2v) is 4.23. The fourth-order valence-electron chi connectivity index (χ4n) is 1.49. The average molecular weight is 230 g/mol. The van der Waals surface area contributed by atoms with Crippen molar-refractivity contribution >= 4 is 11.9 Å². The highest BCUT2D eigenvalue weighted by Crippen LogP contribution is 1.99. The Morgan fingerprint density at radius 2 is 2.00 bits per heavy atom. The van der Waals surface area contributed by atoms with Crippen molar-refractivity contribution in [1.29, 1.82) is 0 Å². The van der Waals surface area contributed by atoms with Gasteiger partial charge in [-0.25, -0.2) is 0 Å². The van der Waals surface area contributed by atoms with Crippen LogP contribution in [-0.4, -0.2) is 48.1 Å². The van der Waals surface area contributed by atoms with Gasteiger partial charge in [0.15, 0.2) is 0 Å². The van der Waals surface area contributed by atoms with Gasteiger partial charge in [-0.1, -0.05) is 13.8 Å². The molecular weight excluding hydrogens is 208 g/mol. The van der Waals surface area contributed by atoms with E-state index in [2.05, 4.69) is 5.32 Å². The Morgan fingerprint density at radius 3 is 2.44 bits per heavy atom. The van der Waals surface area contributed by atoms with Gasteiger partial charge in [0.05, 0.1) is 6.54 Å². The van der Waals surface area contributed by atoms with Crippen molar-refractivity contribution in [2.24, 2.45) is 5.92 Å². The minimum Gasteiger partial charge on any atom is -0.480 e. The van der Waals surface area contributed by atoms with Crippen LogP contribution in [0.15, 0.2) is 0 Å². The van der Waals surface area contributed by atoms with Crippen LogP contribution in [0.3, 0.4) is 0 Å². The summed E-state index contributed by atoms with van der Waals surface area (Å²) >= 11 is 0. The second kappa shape index (κ2) is 8.10. The number of hydrogen-bond donors (Lipinski definition) is 2. The molecule has 5 nitrogen and oxygen atoms in total. The predicted molar refractivity (Wildman–Crippen MR) is 62.2 cm³/mol. The number of carbonyl (C=O) groups excluding carboxylic acids is 1. The quantitative estimate of drug-likeness (QED) is 0.639. The van der Waals surface area contributed by atoms with Crippen LogP contribution >= 0.6 is 0 Å². The molecule has 0 aromatic rings. The molecule has 0 saturated carbocycles. The highest BCUT2D eigenvalue weighted by atomic mass is 16.4. The molecule has 94 valence electrons. The molecule has 0 aliphatic heterocycles. The molecule has 0 aromatic carbocycles. The van der Waals surface area contributed by atoms with Crippen LogP contribution in [0.1, 0.15) is 27.2 Å². The molecule has 0 fully saturated rings. The lowest BCUT2D eigenvalue weighted by atomic mass is 10.2. The summed E-state index contributed by atoms with van der Waals surface area (Å²) in [5.74, 6) is -0.480. The van der Waals surface area contributed by atoms with Gasteiger partial charge in [0.2, 0.25) is 5.91 Å². The summed E-state index contributed by atoms with van der Waals surface area (Å²) in [5.41, 5.74) is 0. The van der Waals surface area contributed by atoms with Gasteiger partial charge in [-0.15, -0.1) is 0 Å². The van der Waals surface area contributed by atoms with E-state index in [1.54, 1.807) is 4.90 Å². The largest absolute Gasteiger partial charge is 0.480 e. The molecule has 0 bridgehead atoms. The van der Waals surface area contributed by atoms with E-state index in [0.29, 0.717) is 32.0 Å². The van der Waals surface area contributed by atoms with Gasteiger partial charge in [-0.2, -0.15) is 0 Å². The van der Waals surface area contributed by atoms with Crippen molar-refractivity contribution in [3.63, 3.8) is 0 Å². The zero-order valence-electron chi connectivity index (χ0n) is 10.3. The van der Waals surface area contributed by atoms with Crippen LogP contribution in [0.2, 0.25) is 0 Å². The van der Waals surface area contributed by atoms with E-state index < -0.39 is 5.97 Å². The smallest absolute Gasteiger partial charge is 0.317 e. The fraction of sp³-hybridized carbons (Fsp3) is 0.818. The van der Waals surface area contributed by atoms with E-state index in [-0.39, 0.29) is 12.5 Å². The monoisotopic (exact) mass is 230 g/mol. The minimum absolute atomic E-state index is 0.00240. The van der Waals surface area contributed by atoms with Gasteiger partial charge < -0.3 is 10.4 Å².